The Kier molecular flexibility index (Phi) is 5.21. The monoisotopic (exact) mass is 288 g/mol. The molecule has 0 aliphatic heterocycles. The SMILES string of the molecule is CNCc1ccc(N(C)C(C)Cc2cccs2)c(C)c1. The highest BCUT2D eigenvalue weighted by atomic mass is 32.1. The molecule has 0 aliphatic rings. The van der Waals surface area contributed by atoms with E-state index in [1.165, 1.54) is 21.7 Å². The van der Waals surface area contributed by atoms with Crippen LogP contribution in [0, 0.1) is 6.92 Å². The molecule has 3 heteroatoms. The molecule has 1 atom stereocenters. The van der Waals surface area contributed by atoms with Crippen molar-refractivity contribution in [1.29, 1.82) is 0 Å². The van der Waals surface area contributed by atoms with Crippen molar-refractivity contribution in [3.63, 3.8) is 0 Å². The second kappa shape index (κ2) is 6.91. The molecule has 0 amide bonds. The van der Waals surface area contributed by atoms with E-state index in [0.717, 1.165) is 13.0 Å². The summed E-state index contributed by atoms with van der Waals surface area (Å²) in [6.07, 6.45) is 1.10. The topological polar surface area (TPSA) is 15.3 Å². The van der Waals surface area contributed by atoms with Crippen molar-refractivity contribution >= 4 is 17.0 Å². The first-order valence-electron chi connectivity index (χ1n) is 7.11. The predicted octanol–water partition coefficient (Wildman–Crippen LogP) is 3.84. The lowest BCUT2D eigenvalue weighted by atomic mass is 10.1. The van der Waals surface area contributed by atoms with E-state index in [9.17, 15) is 0 Å². The Morgan fingerprint density at radius 1 is 1.30 bits per heavy atom. The molecule has 20 heavy (non-hydrogen) atoms. The number of thiophene rings is 1. The molecule has 2 nitrogen and oxygen atoms in total. The lowest BCUT2D eigenvalue weighted by molar-refractivity contribution is 0.686. The lowest BCUT2D eigenvalue weighted by Crippen LogP contribution is -2.31. The van der Waals surface area contributed by atoms with Crippen LogP contribution in [0.3, 0.4) is 0 Å². The molecular weight excluding hydrogens is 264 g/mol. The molecule has 1 heterocycles. The van der Waals surface area contributed by atoms with Gasteiger partial charge in [0.25, 0.3) is 0 Å². The van der Waals surface area contributed by atoms with Crippen LogP contribution in [0.25, 0.3) is 0 Å². The van der Waals surface area contributed by atoms with E-state index in [1.807, 2.05) is 18.4 Å². The summed E-state index contributed by atoms with van der Waals surface area (Å²) in [5.74, 6) is 0. The van der Waals surface area contributed by atoms with Crippen molar-refractivity contribution < 1.29 is 0 Å². The molecule has 1 unspecified atom stereocenters. The van der Waals surface area contributed by atoms with Crippen LogP contribution in [0.5, 0.6) is 0 Å². The van der Waals surface area contributed by atoms with E-state index >= 15 is 0 Å². The van der Waals surface area contributed by atoms with Crippen molar-refractivity contribution in [2.75, 3.05) is 19.0 Å². The number of anilines is 1. The number of likely N-dealkylation sites (N-methyl/N-ethyl adjacent to an activating group) is 1. The van der Waals surface area contributed by atoms with Gasteiger partial charge in [0.15, 0.2) is 0 Å². The molecule has 1 aromatic heterocycles. The minimum atomic E-state index is 0.502. The summed E-state index contributed by atoms with van der Waals surface area (Å²) in [6.45, 7) is 5.42. The van der Waals surface area contributed by atoms with Gasteiger partial charge in [-0.05, 0) is 49.5 Å². The largest absolute Gasteiger partial charge is 0.371 e. The summed E-state index contributed by atoms with van der Waals surface area (Å²) in [7, 11) is 4.18. The molecule has 0 fully saturated rings. The average Bonchev–Trinajstić information content (AvgIpc) is 2.91. The number of nitrogens with one attached hydrogen (secondary N) is 1. The molecule has 2 rings (SSSR count). The minimum absolute atomic E-state index is 0.502. The van der Waals surface area contributed by atoms with Crippen LogP contribution in [0.2, 0.25) is 0 Å². The fraction of sp³-hybridized carbons (Fsp3) is 0.412. The summed E-state index contributed by atoms with van der Waals surface area (Å²) in [5.41, 5.74) is 4.01. The zero-order valence-corrected chi connectivity index (χ0v) is 13.6. The summed E-state index contributed by atoms with van der Waals surface area (Å²) in [4.78, 5) is 3.84. The molecule has 1 aromatic carbocycles. The van der Waals surface area contributed by atoms with Crippen molar-refractivity contribution in [2.45, 2.75) is 32.9 Å². The van der Waals surface area contributed by atoms with Gasteiger partial charge >= 0.3 is 0 Å². The van der Waals surface area contributed by atoms with E-state index in [4.69, 9.17) is 0 Å². The van der Waals surface area contributed by atoms with Crippen LogP contribution >= 0.6 is 11.3 Å². The highest BCUT2D eigenvalue weighted by molar-refractivity contribution is 7.09. The molecule has 0 saturated carbocycles. The maximum absolute atomic E-state index is 3.20. The first-order valence-corrected chi connectivity index (χ1v) is 7.99. The highest BCUT2D eigenvalue weighted by Gasteiger charge is 2.13. The second-order valence-electron chi connectivity index (χ2n) is 5.39. The summed E-state index contributed by atoms with van der Waals surface area (Å²) >= 11 is 1.84. The van der Waals surface area contributed by atoms with Gasteiger partial charge in [0.05, 0.1) is 0 Å². The van der Waals surface area contributed by atoms with E-state index in [1.54, 1.807) is 0 Å². The van der Waals surface area contributed by atoms with E-state index in [-0.39, 0.29) is 0 Å². The van der Waals surface area contributed by atoms with Crippen molar-refractivity contribution in [1.82, 2.24) is 5.32 Å². The van der Waals surface area contributed by atoms with Gasteiger partial charge in [-0.3, -0.25) is 0 Å². The molecule has 0 spiro atoms. The van der Waals surface area contributed by atoms with Crippen LogP contribution in [0.15, 0.2) is 35.7 Å². The molecule has 0 saturated heterocycles. The van der Waals surface area contributed by atoms with Gasteiger partial charge in [-0.15, -0.1) is 11.3 Å². The van der Waals surface area contributed by atoms with Gasteiger partial charge in [-0.25, -0.2) is 0 Å². The Morgan fingerprint density at radius 3 is 2.70 bits per heavy atom. The Hall–Kier alpha value is -1.32. The molecule has 1 N–H and O–H groups in total. The van der Waals surface area contributed by atoms with Crippen LogP contribution in [-0.4, -0.2) is 20.1 Å². The molecular formula is C17H24N2S. The van der Waals surface area contributed by atoms with E-state index in [0.29, 0.717) is 6.04 Å². The quantitative estimate of drug-likeness (QED) is 0.868. The van der Waals surface area contributed by atoms with Crippen LogP contribution in [0.1, 0.15) is 22.9 Å². The maximum atomic E-state index is 3.20. The normalized spacial score (nSPS) is 12.4. The molecule has 0 bridgehead atoms. The number of hydrogen-bond acceptors (Lipinski definition) is 3. The summed E-state index contributed by atoms with van der Waals surface area (Å²) < 4.78 is 0. The highest BCUT2D eigenvalue weighted by Crippen LogP contribution is 2.24. The summed E-state index contributed by atoms with van der Waals surface area (Å²) in [6, 6.07) is 11.6. The Labute approximate surface area is 126 Å². The average molecular weight is 288 g/mol. The Balaban J connectivity index is 2.09. The predicted molar refractivity (Wildman–Crippen MR) is 89.8 cm³/mol. The van der Waals surface area contributed by atoms with Gasteiger partial charge in [0.2, 0.25) is 0 Å². The third kappa shape index (κ3) is 3.62. The fourth-order valence-electron chi connectivity index (χ4n) is 2.52. The van der Waals surface area contributed by atoms with Crippen molar-refractivity contribution in [3.8, 4) is 0 Å². The smallest absolute Gasteiger partial charge is 0.0396 e. The zero-order valence-electron chi connectivity index (χ0n) is 12.8. The molecule has 108 valence electrons. The van der Waals surface area contributed by atoms with Gasteiger partial charge in [0.1, 0.15) is 0 Å². The third-order valence-corrected chi connectivity index (χ3v) is 4.66. The van der Waals surface area contributed by atoms with E-state index in [2.05, 4.69) is 66.8 Å². The molecule has 2 aromatic rings. The second-order valence-corrected chi connectivity index (χ2v) is 6.43. The number of benzene rings is 1. The summed E-state index contributed by atoms with van der Waals surface area (Å²) in [5, 5.41) is 5.35. The molecule has 0 radical (unpaired) electrons. The zero-order chi connectivity index (χ0) is 14.5. The minimum Gasteiger partial charge on any atom is -0.371 e. The standard InChI is InChI=1S/C17H24N2S/c1-13-10-15(12-18-3)7-8-17(13)19(4)14(2)11-16-6-5-9-20-16/h5-10,14,18H,11-12H2,1-4H3. The fourth-order valence-corrected chi connectivity index (χ4v) is 3.35. The van der Waals surface area contributed by atoms with E-state index < -0.39 is 0 Å². The third-order valence-electron chi connectivity index (χ3n) is 3.76. The molecule has 0 aliphatic carbocycles. The Morgan fingerprint density at radius 2 is 2.10 bits per heavy atom. The lowest BCUT2D eigenvalue weighted by Gasteiger charge is -2.28. The number of aryl methyl sites for hydroxylation is 1. The van der Waals surface area contributed by atoms with Crippen LogP contribution < -0.4 is 10.2 Å². The maximum Gasteiger partial charge on any atom is 0.0396 e. The van der Waals surface area contributed by atoms with Crippen LogP contribution in [0.4, 0.5) is 5.69 Å². The van der Waals surface area contributed by atoms with Crippen LogP contribution in [-0.2, 0) is 13.0 Å². The number of hydrogen-bond donors (Lipinski definition) is 1. The number of rotatable bonds is 6. The van der Waals surface area contributed by atoms with Crippen molar-refractivity contribution in [2.24, 2.45) is 0 Å². The first kappa shape index (κ1) is 15.1. The van der Waals surface area contributed by atoms with Gasteiger partial charge < -0.3 is 10.2 Å². The first-order chi connectivity index (χ1) is 9.61. The van der Waals surface area contributed by atoms with Gasteiger partial charge in [0, 0.05) is 36.6 Å². The van der Waals surface area contributed by atoms with Crippen molar-refractivity contribution in [3.05, 3.63) is 51.7 Å². The number of nitrogens with zero attached hydrogens (tertiary/aromatic N) is 1. The Bertz CT molecular complexity index is 534. The van der Waals surface area contributed by atoms with Gasteiger partial charge in [-0.1, -0.05) is 18.2 Å². The van der Waals surface area contributed by atoms with Gasteiger partial charge in [-0.2, -0.15) is 0 Å².